The van der Waals surface area contributed by atoms with Crippen molar-refractivity contribution < 1.29 is 9.53 Å². The molecule has 1 aliphatic rings. The molecule has 3 nitrogen and oxygen atoms in total. The Morgan fingerprint density at radius 3 is 2.46 bits per heavy atom. The largest absolute Gasteiger partial charge is 0.496 e. The lowest BCUT2D eigenvalue weighted by molar-refractivity contribution is 0.0736. The van der Waals surface area contributed by atoms with Gasteiger partial charge in [-0.25, -0.2) is 0 Å². The number of para-hydroxylation sites is 1. The second-order valence-corrected chi connectivity index (χ2v) is 7.36. The number of carbonyl (C=O) groups is 1. The number of nitrogens with zero attached hydrogens (tertiary/aromatic N) is 1. The van der Waals surface area contributed by atoms with Gasteiger partial charge in [0.05, 0.1) is 13.2 Å². The standard InChI is InChI=1S/C24H22ClNO2/c1-28-23-11-5-3-7-19(23)17-12-14-18(15-13-17)24(27)26-16-6-10-22(26)20-8-2-4-9-21(20)25/h2-5,7-9,11-15,22H,6,10,16H2,1H3. The molecule has 1 amide bonds. The topological polar surface area (TPSA) is 29.5 Å². The second-order valence-electron chi connectivity index (χ2n) is 6.96. The number of amides is 1. The summed E-state index contributed by atoms with van der Waals surface area (Å²) in [6.07, 6.45) is 1.93. The Labute approximate surface area is 170 Å². The van der Waals surface area contributed by atoms with Crippen LogP contribution in [0.3, 0.4) is 0 Å². The van der Waals surface area contributed by atoms with Crippen LogP contribution in [-0.2, 0) is 0 Å². The maximum atomic E-state index is 13.2. The Kier molecular flexibility index (Phi) is 5.36. The Morgan fingerprint density at radius 1 is 1.00 bits per heavy atom. The zero-order valence-electron chi connectivity index (χ0n) is 15.8. The summed E-state index contributed by atoms with van der Waals surface area (Å²) in [6.45, 7) is 0.753. The number of hydrogen-bond donors (Lipinski definition) is 0. The Morgan fingerprint density at radius 2 is 1.71 bits per heavy atom. The van der Waals surface area contributed by atoms with Gasteiger partial charge in [0.2, 0.25) is 0 Å². The van der Waals surface area contributed by atoms with E-state index in [2.05, 4.69) is 0 Å². The SMILES string of the molecule is COc1ccccc1-c1ccc(C(=O)N2CCCC2c2ccccc2Cl)cc1. The van der Waals surface area contributed by atoms with E-state index < -0.39 is 0 Å². The van der Waals surface area contributed by atoms with Crippen molar-refractivity contribution >= 4 is 17.5 Å². The van der Waals surface area contributed by atoms with Crippen molar-refractivity contribution in [2.24, 2.45) is 0 Å². The molecule has 0 bridgehead atoms. The van der Waals surface area contributed by atoms with Crippen LogP contribution in [0.1, 0.15) is 34.8 Å². The van der Waals surface area contributed by atoms with E-state index in [1.165, 1.54) is 0 Å². The number of benzene rings is 3. The maximum absolute atomic E-state index is 13.2. The number of methoxy groups -OCH3 is 1. The van der Waals surface area contributed by atoms with Gasteiger partial charge in [-0.05, 0) is 48.2 Å². The number of hydrogen-bond acceptors (Lipinski definition) is 2. The summed E-state index contributed by atoms with van der Waals surface area (Å²) in [4.78, 5) is 15.1. The average molecular weight is 392 g/mol. The fourth-order valence-electron chi connectivity index (χ4n) is 3.92. The van der Waals surface area contributed by atoms with Crippen LogP contribution in [0.4, 0.5) is 0 Å². The third kappa shape index (κ3) is 3.50. The number of rotatable bonds is 4. The van der Waals surface area contributed by atoms with E-state index in [1.807, 2.05) is 77.7 Å². The number of ether oxygens (including phenoxy) is 1. The molecule has 0 aromatic heterocycles. The highest BCUT2D eigenvalue weighted by atomic mass is 35.5. The first-order valence-electron chi connectivity index (χ1n) is 9.48. The van der Waals surface area contributed by atoms with Gasteiger partial charge in [-0.3, -0.25) is 4.79 Å². The minimum absolute atomic E-state index is 0.0371. The first-order chi connectivity index (χ1) is 13.7. The number of carbonyl (C=O) groups excluding carboxylic acids is 1. The van der Waals surface area contributed by atoms with E-state index >= 15 is 0 Å². The van der Waals surface area contributed by atoms with Gasteiger partial charge in [-0.2, -0.15) is 0 Å². The van der Waals surface area contributed by atoms with Crippen LogP contribution in [-0.4, -0.2) is 24.5 Å². The molecule has 0 N–H and O–H groups in total. The molecular weight excluding hydrogens is 370 g/mol. The van der Waals surface area contributed by atoms with E-state index in [1.54, 1.807) is 7.11 Å². The molecule has 0 aliphatic carbocycles. The van der Waals surface area contributed by atoms with E-state index in [4.69, 9.17) is 16.3 Å². The molecule has 1 heterocycles. The van der Waals surface area contributed by atoms with Crippen molar-refractivity contribution in [1.29, 1.82) is 0 Å². The molecule has 0 spiro atoms. The van der Waals surface area contributed by atoms with Crippen LogP contribution in [0.25, 0.3) is 11.1 Å². The predicted molar refractivity (Wildman–Crippen MR) is 113 cm³/mol. The summed E-state index contributed by atoms with van der Waals surface area (Å²) < 4.78 is 5.45. The van der Waals surface area contributed by atoms with Gasteiger partial charge >= 0.3 is 0 Å². The zero-order chi connectivity index (χ0) is 19.5. The van der Waals surface area contributed by atoms with Gasteiger partial charge in [0.25, 0.3) is 5.91 Å². The zero-order valence-corrected chi connectivity index (χ0v) is 16.5. The van der Waals surface area contributed by atoms with E-state index in [9.17, 15) is 4.79 Å². The maximum Gasteiger partial charge on any atom is 0.254 e. The fraction of sp³-hybridized carbons (Fsp3) is 0.208. The lowest BCUT2D eigenvalue weighted by Crippen LogP contribution is -2.30. The molecule has 0 saturated carbocycles. The highest BCUT2D eigenvalue weighted by molar-refractivity contribution is 6.31. The number of likely N-dealkylation sites (tertiary alicyclic amines) is 1. The molecule has 1 atom stereocenters. The Bertz CT molecular complexity index is 984. The molecule has 3 aromatic carbocycles. The van der Waals surface area contributed by atoms with Crippen LogP contribution >= 0.6 is 11.6 Å². The highest BCUT2D eigenvalue weighted by Crippen LogP contribution is 2.37. The molecule has 1 fully saturated rings. The fourth-order valence-corrected chi connectivity index (χ4v) is 4.18. The van der Waals surface area contributed by atoms with Crippen LogP contribution in [0.2, 0.25) is 5.02 Å². The van der Waals surface area contributed by atoms with Crippen molar-refractivity contribution in [3.8, 4) is 16.9 Å². The molecule has 28 heavy (non-hydrogen) atoms. The van der Waals surface area contributed by atoms with Crippen molar-refractivity contribution in [2.45, 2.75) is 18.9 Å². The Hall–Kier alpha value is -2.78. The van der Waals surface area contributed by atoms with E-state index in [-0.39, 0.29) is 11.9 Å². The minimum atomic E-state index is 0.0371. The summed E-state index contributed by atoms with van der Waals surface area (Å²) in [5.41, 5.74) is 3.76. The summed E-state index contributed by atoms with van der Waals surface area (Å²) in [7, 11) is 1.67. The quantitative estimate of drug-likeness (QED) is 0.546. The van der Waals surface area contributed by atoms with Crippen molar-refractivity contribution in [2.75, 3.05) is 13.7 Å². The lowest BCUT2D eigenvalue weighted by Gasteiger charge is -2.26. The van der Waals surface area contributed by atoms with Gasteiger partial charge in [0.15, 0.2) is 0 Å². The first-order valence-corrected chi connectivity index (χ1v) is 9.85. The monoisotopic (exact) mass is 391 g/mol. The van der Waals surface area contributed by atoms with Crippen LogP contribution in [0.5, 0.6) is 5.75 Å². The molecule has 4 rings (SSSR count). The lowest BCUT2D eigenvalue weighted by atomic mass is 10.0. The molecule has 3 aromatic rings. The van der Waals surface area contributed by atoms with Crippen molar-refractivity contribution in [1.82, 2.24) is 4.90 Å². The number of halogens is 1. The molecule has 1 saturated heterocycles. The van der Waals surface area contributed by atoms with E-state index in [0.717, 1.165) is 46.8 Å². The van der Waals surface area contributed by atoms with Crippen molar-refractivity contribution in [3.05, 3.63) is 88.9 Å². The smallest absolute Gasteiger partial charge is 0.254 e. The minimum Gasteiger partial charge on any atom is -0.496 e. The normalized spacial score (nSPS) is 16.2. The molecule has 0 radical (unpaired) electrons. The third-order valence-corrected chi connectivity index (χ3v) is 5.67. The van der Waals surface area contributed by atoms with Crippen molar-refractivity contribution in [3.63, 3.8) is 0 Å². The van der Waals surface area contributed by atoms with Gasteiger partial charge < -0.3 is 9.64 Å². The van der Waals surface area contributed by atoms with Gasteiger partial charge in [-0.15, -0.1) is 0 Å². The van der Waals surface area contributed by atoms with Crippen LogP contribution in [0, 0.1) is 0 Å². The molecular formula is C24H22ClNO2. The molecule has 4 heteroatoms. The average Bonchev–Trinajstić information content (AvgIpc) is 3.23. The third-order valence-electron chi connectivity index (χ3n) is 5.33. The van der Waals surface area contributed by atoms with Crippen LogP contribution < -0.4 is 4.74 Å². The first kappa shape index (κ1) is 18.6. The molecule has 142 valence electrons. The predicted octanol–water partition coefficient (Wildman–Crippen LogP) is 5.99. The summed E-state index contributed by atoms with van der Waals surface area (Å²) >= 11 is 6.39. The van der Waals surface area contributed by atoms with Gasteiger partial charge in [0, 0.05) is 22.7 Å². The van der Waals surface area contributed by atoms with Gasteiger partial charge in [-0.1, -0.05) is 60.1 Å². The van der Waals surface area contributed by atoms with Crippen LogP contribution in [0.15, 0.2) is 72.8 Å². The Balaban J connectivity index is 1.59. The second kappa shape index (κ2) is 8.07. The summed E-state index contributed by atoms with van der Waals surface area (Å²) in [5, 5.41) is 0.721. The molecule has 1 unspecified atom stereocenters. The summed E-state index contributed by atoms with van der Waals surface area (Å²) in [5.74, 6) is 0.869. The summed E-state index contributed by atoms with van der Waals surface area (Å²) in [6, 6.07) is 23.5. The highest BCUT2D eigenvalue weighted by Gasteiger charge is 2.31. The molecule has 1 aliphatic heterocycles. The van der Waals surface area contributed by atoms with Gasteiger partial charge in [0.1, 0.15) is 5.75 Å². The van der Waals surface area contributed by atoms with E-state index in [0.29, 0.717) is 5.56 Å².